The van der Waals surface area contributed by atoms with E-state index < -0.39 is 0 Å². The van der Waals surface area contributed by atoms with Crippen LogP contribution in [0, 0.1) is 26.7 Å². The molecule has 2 aromatic carbocycles. The summed E-state index contributed by atoms with van der Waals surface area (Å²) in [6, 6.07) is 15.0. The Labute approximate surface area is 155 Å². The van der Waals surface area contributed by atoms with Gasteiger partial charge >= 0.3 is 0 Å². The molecular weight excluding hydrogens is 320 g/mol. The highest BCUT2D eigenvalue weighted by Gasteiger charge is 2.28. The summed E-state index contributed by atoms with van der Waals surface area (Å²) in [7, 11) is 1.80. The summed E-state index contributed by atoms with van der Waals surface area (Å²) < 4.78 is 11.8. The molecule has 0 bridgehead atoms. The highest BCUT2D eigenvalue weighted by molar-refractivity contribution is 5.78. The topological polar surface area (TPSA) is 22.4 Å². The van der Waals surface area contributed by atoms with E-state index in [1.807, 2.05) is 12.1 Å². The van der Waals surface area contributed by atoms with Gasteiger partial charge in [0.25, 0.3) is 0 Å². The molecule has 26 heavy (non-hydrogen) atoms. The lowest BCUT2D eigenvalue weighted by atomic mass is 9.91. The second kappa shape index (κ2) is 6.68. The van der Waals surface area contributed by atoms with E-state index in [1.54, 1.807) is 7.11 Å². The lowest BCUT2D eigenvalue weighted by Crippen LogP contribution is -2.00. The molecule has 0 amide bonds. The number of rotatable bonds is 4. The Kier molecular flexibility index (Phi) is 4.36. The van der Waals surface area contributed by atoms with E-state index in [4.69, 9.17) is 9.15 Å². The fraction of sp³-hybridized carbons (Fsp3) is 0.333. The smallest absolute Gasteiger partial charge is 0.134 e. The van der Waals surface area contributed by atoms with Crippen LogP contribution in [-0.2, 0) is 11.2 Å². The number of aryl methyl sites for hydroxylation is 3. The zero-order valence-corrected chi connectivity index (χ0v) is 16.1. The van der Waals surface area contributed by atoms with Gasteiger partial charge in [-0.1, -0.05) is 35.9 Å². The molecule has 0 saturated carbocycles. The third-order valence-corrected chi connectivity index (χ3v) is 5.50. The molecule has 1 heterocycles. The third kappa shape index (κ3) is 3.05. The molecular formula is C24H26O2. The summed E-state index contributed by atoms with van der Waals surface area (Å²) in [5.74, 6) is 2.74. The van der Waals surface area contributed by atoms with Crippen LogP contribution in [0.3, 0.4) is 0 Å². The lowest BCUT2D eigenvalue weighted by molar-refractivity contribution is 0.273. The highest BCUT2D eigenvalue weighted by atomic mass is 16.5. The van der Waals surface area contributed by atoms with Crippen LogP contribution in [0.15, 0.2) is 52.6 Å². The first-order valence-corrected chi connectivity index (χ1v) is 9.37. The quantitative estimate of drug-likeness (QED) is 0.548. The Balaban J connectivity index is 1.60. The third-order valence-electron chi connectivity index (χ3n) is 5.50. The molecule has 3 aromatic rings. The molecule has 0 fully saturated rings. The van der Waals surface area contributed by atoms with Gasteiger partial charge in [0, 0.05) is 18.2 Å². The number of para-hydroxylation sites is 1. The number of fused-ring (bicyclic) bond motifs is 1. The first kappa shape index (κ1) is 17.0. The van der Waals surface area contributed by atoms with Gasteiger partial charge in [-0.2, -0.15) is 0 Å². The predicted molar refractivity (Wildman–Crippen MR) is 107 cm³/mol. The number of hydrogen-bond acceptors (Lipinski definition) is 2. The molecule has 0 aliphatic heterocycles. The van der Waals surface area contributed by atoms with Gasteiger partial charge in [0.15, 0.2) is 0 Å². The summed E-state index contributed by atoms with van der Waals surface area (Å²) in [6.45, 7) is 6.58. The number of ether oxygens (including phenoxy) is 1. The van der Waals surface area contributed by atoms with Crippen LogP contribution in [0.1, 0.15) is 40.9 Å². The van der Waals surface area contributed by atoms with Crippen molar-refractivity contribution in [3.63, 3.8) is 0 Å². The summed E-state index contributed by atoms with van der Waals surface area (Å²) >= 11 is 0. The van der Waals surface area contributed by atoms with Crippen molar-refractivity contribution >= 4 is 16.5 Å². The molecule has 2 nitrogen and oxygen atoms in total. The maximum Gasteiger partial charge on any atom is 0.134 e. The fourth-order valence-electron chi connectivity index (χ4n) is 4.53. The van der Waals surface area contributed by atoms with E-state index in [0.29, 0.717) is 5.92 Å². The highest BCUT2D eigenvalue weighted by Crippen LogP contribution is 2.42. The maximum atomic E-state index is 6.04. The molecule has 0 saturated heterocycles. The molecule has 0 spiro atoms. The number of methoxy groups -OCH3 is 1. The minimum atomic E-state index is 0.528. The summed E-state index contributed by atoms with van der Waals surface area (Å²) in [5, 5.41) is 1.19. The van der Waals surface area contributed by atoms with Crippen molar-refractivity contribution in [2.75, 3.05) is 7.11 Å². The molecule has 0 N–H and O–H groups in total. The van der Waals surface area contributed by atoms with Crippen LogP contribution in [-0.4, -0.2) is 7.11 Å². The van der Waals surface area contributed by atoms with E-state index in [9.17, 15) is 0 Å². The van der Waals surface area contributed by atoms with Gasteiger partial charge in [-0.3, -0.25) is 0 Å². The first-order chi connectivity index (χ1) is 12.5. The Bertz CT molecular complexity index is 934. The van der Waals surface area contributed by atoms with Crippen LogP contribution >= 0.6 is 0 Å². The fourth-order valence-corrected chi connectivity index (χ4v) is 4.53. The molecule has 1 aliphatic rings. The number of benzene rings is 2. The van der Waals surface area contributed by atoms with Gasteiger partial charge < -0.3 is 9.15 Å². The Morgan fingerprint density at radius 3 is 2.42 bits per heavy atom. The summed E-state index contributed by atoms with van der Waals surface area (Å²) in [5.41, 5.74) is 7.74. The normalized spacial score (nSPS) is 17.3. The second-order valence-electron chi connectivity index (χ2n) is 7.61. The first-order valence-electron chi connectivity index (χ1n) is 9.37. The van der Waals surface area contributed by atoms with Gasteiger partial charge in [-0.05, 0) is 67.5 Å². The SMILES string of the molecule is COC1=C(c2c(C)cc(C)cc2C)CC(Cc2cc3ccccc3o2)C1. The minimum Gasteiger partial charge on any atom is -0.501 e. The lowest BCUT2D eigenvalue weighted by Gasteiger charge is -2.14. The van der Waals surface area contributed by atoms with Gasteiger partial charge in [0.2, 0.25) is 0 Å². The van der Waals surface area contributed by atoms with Crippen LogP contribution in [0.25, 0.3) is 16.5 Å². The minimum absolute atomic E-state index is 0.528. The molecule has 1 atom stereocenters. The molecule has 1 aliphatic carbocycles. The van der Waals surface area contributed by atoms with Crippen molar-refractivity contribution in [2.24, 2.45) is 5.92 Å². The van der Waals surface area contributed by atoms with Gasteiger partial charge in [-0.25, -0.2) is 0 Å². The molecule has 1 aromatic heterocycles. The van der Waals surface area contributed by atoms with Crippen LogP contribution in [0.4, 0.5) is 0 Å². The molecule has 1 unspecified atom stereocenters. The number of furan rings is 1. The Hall–Kier alpha value is -2.48. The van der Waals surface area contributed by atoms with E-state index in [-0.39, 0.29) is 0 Å². The largest absolute Gasteiger partial charge is 0.501 e. The van der Waals surface area contributed by atoms with Crippen molar-refractivity contribution in [3.05, 3.63) is 76.2 Å². The van der Waals surface area contributed by atoms with Crippen LogP contribution in [0.2, 0.25) is 0 Å². The Morgan fingerprint density at radius 1 is 1.00 bits per heavy atom. The zero-order chi connectivity index (χ0) is 18.3. The van der Waals surface area contributed by atoms with E-state index in [0.717, 1.165) is 36.4 Å². The zero-order valence-electron chi connectivity index (χ0n) is 16.1. The second-order valence-corrected chi connectivity index (χ2v) is 7.61. The van der Waals surface area contributed by atoms with Crippen molar-refractivity contribution in [2.45, 2.75) is 40.0 Å². The molecule has 4 rings (SSSR count). The van der Waals surface area contributed by atoms with Crippen molar-refractivity contribution in [3.8, 4) is 0 Å². The van der Waals surface area contributed by atoms with E-state index in [1.165, 1.54) is 33.2 Å². The average Bonchev–Trinajstić information content (AvgIpc) is 3.17. The summed E-state index contributed by atoms with van der Waals surface area (Å²) in [6.07, 6.45) is 2.98. The number of allylic oxidation sites excluding steroid dienone is 2. The molecule has 2 heteroatoms. The molecule has 0 radical (unpaired) electrons. The van der Waals surface area contributed by atoms with Gasteiger partial charge in [0.05, 0.1) is 12.9 Å². The van der Waals surface area contributed by atoms with E-state index in [2.05, 4.69) is 51.1 Å². The van der Waals surface area contributed by atoms with Crippen molar-refractivity contribution in [1.29, 1.82) is 0 Å². The average molecular weight is 346 g/mol. The predicted octanol–water partition coefficient (Wildman–Crippen LogP) is 6.37. The van der Waals surface area contributed by atoms with Crippen LogP contribution in [0.5, 0.6) is 0 Å². The van der Waals surface area contributed by atoms with Crippen molar-refractivity contribution in [1.82, 2.24) is 0 Å². The van der Waals surface area contributed by atoms with Gasteiger partial charge in [-0.15, -0.1) is 0 Å². The van der Waals surface area contributed by atoms with Crippen LogP contribution < -0.4 is 0 Å². The maximum absolute atomic E-state index is 6.04. The number of hydrogen-bond donors (Lipinski definition) is 0. The molecule has 134 valence electrons. The standard InChI is InChI=1S/C24H26O2/c1-15-9-16(2)24(17(3)10-15)21-12-18(13-23(21)25-4)11-20-14-19-7-5-6-8-22(19)26-20/h5-10,14,18H,11-13H2,1-4H3. The summed E-state index contributed by atoms with van der Waals surface area (Å²) in [4.78, 5) is 0. The van der Waals surface area contributed by atoms with Gasteiger partial charge in [0.1, 0.15) is 11.3 Å². The monoisotopic (exact) mass is 346 g/mol. The van der Waals surface area contributed by atoms with E-state index >= 15 is 0 Å². The Morgan fingerprint density at radius 2 is 1.73 bits per heavy atom. The van der Waals surface area contributed by atoms with Crippen molar-refractivity contribution < 1.29 is 9.15 Å².